The first-order chi connectivity index (χ1) is 7.76. The molecule has 1 aliphatic heterocycles. The summed E-state index contributed by atoms with van der Waals surface area (Å²) >= 11 is 1.37. The number of nitrogens with two attached hydrogens (primary N) is 1. The van der Waals surface area contributed by atoms with Crippen molar-refractivity contribution in [1.29, 1.82) is 5.26 Å². The topological polar surface area (TPSA) is 84.8 Å². The lowest BCUT2D eigenvalue weighted by Crippen LogP contribution is -2.04. The summed E-state index contributed by atoms with van der Waals surface area (Å²) in [6, 6.07) is 2.10. The molecule has 2 rings (SSSR count). The third-order valence-corrected chi connectivity index (χ3v) is 2.82. The Balaban J connectivity index is 2.59. The zero-order valence-corrected chi connectivity index (χ0v) is 9.54. The number of anilines is 1. The molecule has 82 valence electrons. The molecule has 2 heterocycles. The molecule has 0 aromatic carbocycles. The Morgan fingerprint density at radius 2 is 2.38 bits per heavy atom. The maximum absolute atomic E-state index is 9.11. The molecule has 6 heteroatoms. The molecule has 0 saturated heterocycles. The molecule has 0 saturated carbocycles. The minimum atomic E-state index is 0.162. The van der Waals surface area contributed by atoms with Gasteiger partial charge < -0.3 is 10.5 Å². The zero-order chi connectivity index (χ0) is 11.5. The predicted octanol–water partition coefficient (Wildman–Crippen LogP) is 1.41. The van der Waals surface area contributed by atoms with Gasteiger partial charge in [0.2, 0.25) is 5.95 Å². The average Bonchev–Trinajstić information content (AvgIpc) is 2.81. The molecule has 0 spiro atoms. The smallest absolute Gasteiger partial charge is 0.221 e. The molecule has 2 N–H and O–H groups in total. The summed E-state index contributed by atoms with van der Waals surface area (Å²) in [5, 5.41) is 9.70. The fraction of sp³-hybridized carbons (Fsp3) is 0.300. The number of aromatic nitrogens is 2. The molecule has 0 aliphatic carbocycles. The minimum absolute atomic E-state index is 0.162. The summed E-state index contributed by atoms with van der Waals surface area (Å²) in [5.74, 6) is 0.788. The second-order valence-corrected chi connectivity index (χ2v) is 3.93. The summed E-state index contributed by atoms with van der Waals surface area (Å²) in [6.45, 7) is 0.624. The van der Waals surface area contributed by atoms with Crippen LogP contribution in [0.3, 0.4) is 0 Å². The molecule has 1 aliphatic rings. The van der Waals surface area contributed by atoms with Crippen molar-refractivity contribution in [2.24, 2.45) is 0 Å². The number of rotatable bonds is 2. The van der Waals surface area contributed by atoms with Crippen LogP contribution in [-0.2, 0) is 4.74 Å². The predicted molar refractivity (Wildman–Crippen MR) is 61.5 cm³/mol. The van der Waals surface area contributed by atoms with Gasteiger partial charge in [-0.2, -0.15) is 5.26 Å². The standard InChI is InChI=1S/C10H10N4OS/c1-16-9-6(5-11)8(13-10(12)14-9)7-3-2-4-15-7/h3H,2,4H2,1H3,(H2,12,13,14). The highest BCUT2D eigenvalue weighted by Crippen LogP contribution is 2.28. The molecule has 16 heavy (non-hydrogen) atoms. The first kappa shape index (κ1) is 10.8. The molecule has 5 nitrogen and oxygen atoms in total. The second-order valence-electron chi connectivity index (χ2n) is 3.13. The van der Waals surface area contributed by atoms with Gasteiger partial charge in [-0.15, -0.1) is 11.8 Å². The van der Waals surface area contributed by atoms with Crippen molar-refractivity contribution in [1.82, 2.24) is 9.97 Å². The van der Waals surface area contributed by atoms with E-state index in [1.54, 1.807) is 0 Å². The van der Waals surface area contributed by atoms with E-state index in [1.807, 2.05) is 12.3 Å². The number of ether oxygens (including phenoxy) is 1. The maximum Gasteiger partial charge on any atom is 0.221 e. The van der Waals surface area contributed by atoms with Gasteiger partial charge in [-0.25, -0.2) is 9.97 Å². The fourth-order valence-electron chi connectivity index (χ4n) is 1.47. The van der Waals surface area contributed by atoms with Crippen LogP contribution in [0.1, 0.15) is 17.7 Å². The fourth-order valence-corrected chi connectivity index (χ4v) is 2.00. The van der Waals surface area contributed by atoms with Gasteiger partial charge in [0.15, 0.2) is 0 Å². The number of hydrogen-bond donors (Lipinski definition) is 1. The first-order valence-corrected chi connectivity index (χ1v) is 5.93. The molecule has 0 atom stereocenters. The first-order valence-electron chi connectivity index (χ1n) is 4.71. The van der Waals surface area contributed by atoms with E-state index in [-0.39, 0.29) is 5.95 Å². The molecular weight excluding hydrogens is 224 g/mol. The molecule has 0 radical (unpaired) electrons. The van der Waals surface area contributed by atoms with Crippen LogP contribution in [0.25, 0.3) is 5.76 Å². The van der Waals surface area contributed by atoms with Crippen molar-refractivity contribution in [2.45, 2.75) is 11.4 Å². The number of thioether (sulfide) groups is 1. The van der Waals surface area contributed by atoms with E-state index in [0.717, 1.165) is 6.42 Å². The Morgan fingerprint density at radius 3 is 2.94 bits per heavy atom. The van der Waals surface area contributed by atoms with E-state index in [4.69, 9.17) is 15.7 Å². The summed E-state index contributed by atoms with van der Waals surface area (Å²) < 4.78 is 5.39. The van der Waals surface area contributed by atoms with E-state index in [9.17, 15) is 0 Å². The van der Waals surface area contributed by atoms with Gasteiger partial charge in [0.05, 0.1) is 6.61 Å². The number of hydrogen-bond acceptors (Lipinski definition) is 6. The van der Waals surface area contributed by atoms with E-state index < -0.39 is 0 Å². The van der Waals surface area contributed by atoms with E-state index >= 15 is 0 Å². The van der Waals surface area contributed by atoms with E-state index in [1.165, 1.54) is 11.8 Å². The van der Waals surface area contributed by atoms with E-state index in [2.05, 4.69) is 16.0 Å². The summed E-state index contributed by atoms with van der Waals surface area (Å²) in [5.41, 5.74) is 6.52. The van der Waals surface area contributed by atoms with Crippen molar-refractivity contribution in [3.8, 4) is 6.07 Å². The number of nitrogen functional groups attached to an aromatic ring is 1. The van der Waals surface area contributed by atoms with Gasteiger partial charge in [0, 0.05) is 6.42 Å². The van der Waals surface area contributed by atoms with Crippen LogP contribution in [0.2, 0.25) is 0 Å². The van der Waals surface area contributed by atoms with Crippen LogP contribution >= 0.6 is 11.8 Å². The van der Waals surface area contributed by atoms with Gasteiger partial charge in [-0.1, -0.05) is 0 Å². The monoisotopic (exact) mass is 234 g/mol. The number of nitriles is 1. The van der Waals surface area contributed by atoms with Gasteiger partial charge in [0.1, 0.15) is 28.1 Å². The van der Waals surface area contributed by atoms with Crippen molar-refractivity contribution in [2.75, 3.05) is 18.6 Å². The molecule has 0 fully saturated rings. The second kappa shape index (κ2) is 4.41. The molecule has 0 amide bonds. The molecular formula is C10H10N4OS. The molecule has 1 aromatic heterocycles. The average molecular weight is 234 g/mol. The van der Waals surface area contributed by atoms with Crippen LogP contribution in [0, 0.1) is 11.3 Å². The van der Waals surface area contributed by atoms with Crippen LogP contribution in [0.5, 0.6) is 0 Å². The third-order valence-electron chi connectivity index (χ3n) is 2.14. The van der Waals surface area contributed by atoms with Crippen molar-refractivity contribution in [3.05, 3.63) is 17.3 Å². The van der Waals surface area contributed by atoms with Crippen LogP contribution < -0.4 is 5.73 Å². The van der Waals surface area contributed by atoms with Crippen LogP contribution in [0.15, 0.2) is 11.1 Å². The maximum atomic E-state index is 9.11. The quantitative estimate of drug-likeness (QED) is 0.615. The summed E-state index contributed by atoms with van der Waals surface area (Å²) in [6.07, 6.45) is 4.59. The Morgan fingerprint density at radius 1 is 1.56 bits per heavy atom. The zero-order valence-electron chi connectivity index (χ0n) is 8.73. The Labute approximate surface area is 97.3 Å². The van der Waals surface area contributed by atoms with Crippen molar-refractivity contribution in [3.63, 3.8) is 0 Å². The Hall–Kier alpha value is -1.74. The third kappa shape index (κ3) is 1.82. The summed E-state index contributed by atoms with van der Waals surface area (Å²) in [7, 11) is 0. The lowest BCUT2D eigenvalue weighted by atomic mass is 10.2. The van der Waals surface area contributed by atoms with E-state index in [0.29, 0.717) is 28.6 Å². The molecule has 0 unspecified atom stereocenters. The molecule has 1 aromatic rings. The summed E-state index contributed by atoms with van der Waals surface area (Å²) in [4.78, 5) is 8.09. The largest absolute Gasteiger partial charge is 0.491 e. The number of nitrogens with zero attached hydrogens (tertiary/aromatic N) is 3. The minimum Gasteiger partial charge on any atom is -0.491 e. The van der Waals surface area contributed by atoms with Crippen LogP contribution in [0.4, 0.5) is 5.95 Å². The Bertz CT molecular complexity index is 492. The van der Waals surface area contributed by atoms with Gasteiger partial charge in [0.25, 0.3) is 0 Å². The highest BCUT2D eigenvalue weighted by molar-refractivity contribution is 7.98. The highest BCUT2D eigenvalue weighted by Gasteiger charge is 2.19. The molecule has 0 bridgehead atoms. The SMILES string of the molecule is CSc1nc(N)nc(C2=CCCO2)c1C#N. The van der Waals surface area contributed by atoms with Gasteiger partial charge in [-0.05, 0) is 12.3 Å². The lowest BCUT2D eigenvalue weighted by molar-refractivity contribution is 0.306. The van der Waals surface area contributed by atoms with Gasteiger partial charge in [-0.3, -0.25) is 0 Å². The van der Waals surface area contributed by atoms with Crippen molar-refractivity contribution >= 4 is 23.5 Å². The Kier molecular flexibility index (Phi) is 2.97. The normalized spacial score (nSPS) is 14.1. The lowest BCUT2D eigenvalue weighted by Gasteiger charge is -2.08. The van der Waals surface area contributed by atoms with Crippen molar-refractivity contribution < 1.29 is 4.74 Å². The van der Waals surface area contributed by atoms with Gasteiger partial charge >= 0.3 is 0 Å². The van der Waals surface area contributed by atoms with Crippen LogP contribution in [-0.4, -0.2) is 22.8 Å². The highest BCUT2D eigenvalue weighted by atomic mass is 32.2.